The van der Waals surface area contributed by atoms with E-state index in [2.05, 4.69) is 15.9 Å². The number of carbonyl (C=O) groups is 2. The van der Waals surface area contributed by atoms with E-state index in [0.29, 0.717) is 48.7 Å². The molecule has 2 aliphatic heterocycles. The summed E-state index contributed by atoms with van der Waals surface area (Å²) in [5, 5.41) is 6.41. The normalized spacial score (nSPS) is 18.3. The lowest BCUT2D eigenvalue weighted by Crippen LogP contribution is -2.47. The first kappa shape index (κ1) is 23.3. The molecule has 33 heavy (non-hydrogen) atoms. The topological polar surface area (TPSA) is 71.4 Å². The second-order valence-electron chi connectivity index (χ2n) is 8.82. The summed E-state index contributed by atoms with van der Waals surface area (Å²) in [4.78, 5) is 28.0. The first-order valence-electron chi connectivity index (χ1n) is 11.0. The minimum Gasteiger partial charge on any atom is -0.493 e. The number of nitrogens with zero attached hydrogens (tertiary/aromatic N) is 3. The van der Waals surface area contributed by atoms with Gasteiger partial charge in [0.15, 0.2) is 11.5 Å². The van der Waals surface area contributed by atoms with Crippen LogP contribution in [0.4, 0.5) is 0 Å². The zero-order valence-electron chi connectivity index (χ0n) is 19.3. The van der Waals surface area contributed by atoms with Crippen LogP contribution in [0, 0.1) is 5.41 Å². The average molecular weight is 514 g/mol. The van der Waals surface area contributed by atoms with Gasteiger partial charge >= 0.3 is 0 Å². The molecular weight excluding hydrogens is 486 g/mol. The molecule has 0 atom stereocenters. The lowest BCUT2D eigenvalue weighted by atomic mass is 9.83. The van der Waals surface area contributed by atoms with Gasteiger partial charge in [-0.25, -0.2) is 5.01 Å². The number of halogens is 1. The fourth-order valence-electron chi connectivity index (χ4n) is 4.40. The summed E-state index contributed by atoms with van der Waals surface area (Å²) >= 11 is 3.40. The standard InChI is InChI=1S/C25H28BrN3O4/c1-25(2)22(17-7-10-20(32-3)21(15-17)33-4)27-29(24(25)31)19-11-13-28(14-12-19)23(30)16-5-8-18(26)9-6-16/h5-10,15,19H,11-14H2,1-4H3. The molecule has 1 saturated heterocycles. The van der Waals surface area contributed by atoms with E-state index in [0.717, 1.165) is 10.0 Å². The fourth-order valence-corrected chi connectivity index (χ4v) is 4.67. The molecule has 0 spiro atoms. The van der Waals surface area contributed by atoms with Crippen LogP contribution in [0.15, 0.2) is 52.0 Å². The van der Waals surface area contributed by atoms with Crippen molar-refractivity contribution in [2.45, 2.75) is 32.7 Å². The smallest absolute Gasteiger partial charge is 0.254 e. The van der Waals surface area contributed by atoms with E-state index in [1.807, 2.05) is 61.2 Å². The maximum Gasteiger partial charge on any atom is 0.254 e. The van der Waals surface area contributed by atoms with Gasteiger partial charge in [-0.2, -0.15) is 5.10 Å². The molecule has 2 aromatic carbocycles. The number of amides is 2. The lowest BCUT2D eigenvalue weighted by molar-refractivity contribution is -0.137. The van der Waals surface area contributed by atoms with Crippen LogP contribution in [0.25, 0.3) is 0 Å². The number of rotatable bonds is 5. The fraction of sp³-hybridized carbons (Fsp3) is 0.400. The van der Waals surface area contributed by atoms with Gasteiger partial charge in [0.1, 0.15) is 0 Å². The monoisotopic (exact) mass is 513 g/mol. The van der Waals surface area contributed by atoms with Crippen LogP contribution >= 0.6 is 15.9 Å². The second-order valence-corrected chi connectivity index (χ2v) is 9.74. The van der Waals surface area contributed by atoms with E-state index in [1.165, 1.54) is 0 Å². The Labute approximate surface area is 202 Å². The Morgan fingerprint density at radius 2 is 1.67 bits per heavy atom. The molecule has 0 aromatic heterocycles. The molecule has 0 unspecified atom stereocenters. The third-order valence-corrected chi connectivity index (χ3v) is 6.92. The highest BCUT2D eigenvalue weighted by Gasteiger charge is 2.47. The molecule has 1 fully saturated rings. The Kier molecular flexibility index (Phi) is 6.47. The Hall–Kier alpha value is -2.87. The first-order valence-corrected chi connectivity index (χ1v) is 11.8. The number of methoxy groups -OCH3 is 2. The Balaban J connectivity index is 1.50. The maximum absolute atomic E-state index is 13.3. The van der Waals surface area contributed by atoms with E-state index in [9.17, 15) is 9.59 Å². The highest BCUT2D eigenvalue weighted by Crippen LogP contribution is 2.37. The molecule has 2 amide bonds. The van der Waals surface area contributed by atoms with Crippen LogP contribution in [0.5, 0.6) is 11.5 Å². The SMILES string of the molecule is COc1ccc(C2=NN(C3CCN(C(=O)c4ccc(Br)cc4)CC3)C(=O)C2(C)C)cc1OC. The molecule has 8 heteroatoms. The second kappa shape index (κ2) is 9.17. The predicted molar refractivity (Wildman–Crippen MR) is 130 cm³/mol. The van der Waals surface area contributed by atoms with Gasteiger partial charge in [0, 0.05) is 28.7 Å². The number of piperidine rings is 1. The molecule has 0 aliphatic carbocycles. The van der Waals surface area contributed by atoms with Gasteiger partial charge in [-0.15, -0.1) is 0 Å². The Morgan fingerprint density at radius 1 is 1.03 bits per heavy atom. The number of benzene rings is 2. The number of likely N-dealkylation sites (tertiary alicyclic amines) is 1. The Morgan fingerprint density at radius 3 is 2.27 bits per heavy atom. The van der Waals surface area contributed by atoms with Gasteiger partial charge in [0.25, 0.3) is 11.8 Å². The summed E-state index contributed by atoms with van der Waals surface area (Å²) in [7, 11) is 3.18. The van der Waals surface area contributed by atoms with E-state index < -0.39 is 5.41 Å². The summed E-state index contributed by atoms with van der Waals surface area (Å²) in [6.45, 7) is 4.98. The quantitative estimate of drug-likeness (QED) is 0.595. The van der Waals surface area contributed by atoms with Crippen LogP contribution in [-0.4, -0.2) is 60.8 Å². The number of hydrogen-bond donors (Lipinski definition) is 0. The lowest BCUT2D eigenvalue weighted by Gasteiger charge is -2.35. The van der Waals surface area contributed by atoms with Gasteiger partial charge in [0.2, 0.25) is 0 Å². The molecule has 0 bridgehead atoms. The molecule has 0 saturated carbocycles. The predicted octanol–water partition coefficient (Wildman–Crippen LogP) is 4.34. The number of carbonyl (C=O) groups excluding carboxylic acids is 2. The van der Waals surface area contributed by atoms with Crippen molar-refractivity contribution in [1.29, 1.82) is 0 Å². The van der Waals surface area contributed by atoms with Crippen molar-refractivity contribution >= 4 is 33.5 Å². The average Bonchev–Trinajstić information content (AvgIpc) is 3.07. The summed E-state index contributed by atoms with van der Waals surface area (Å²) in [5.74, 6) is 1.22. The summed E-state index contributed by atoms with van der Waals surface area (Å²) in [6.07, 6.45) is 1.37. The van der Waals surface area contributed by atoms with Crippen LogP contribution < -0.4 is 9.47 Å². The van der Waals surface area contributed by atoms with Gasteiger partial charge in [-0.1, -0.05) is 15.9 Å². The summed E-state index contributed by atoms with van der Waals surface area (Å²) < 4.78 is 11.7. The van der Waals surface area contributed by atoms with Crippen LogP contribution in [0.3, 0.4) is 0 Å². The number of hydrogen-bond acceptors (Lipinski definition) is 5. The van der Waals surface area contributed by atoms with Gasteiger partial charge < -0.3 is 14.4 Å². The molecule has 2 aromatic rings. The molecule has 7 nitrogen and oxygen atoms in total. The zero-order chi connectivity index (χ0) is 23.8. The number of ether oxygens (including phenoxy) is 2. The minimum atomic E-state index is -0.760. The molecule has 0 radical (unpaired) electrons. The van der Waals surface area contributed by atoms with Crippen molar-refractivity contribution in [1.82, 2.24) is 9.91 Å². The third kappa shape index (κ3) is 4.36. The van der Waals surface area contributed by atoms with Crippen molar-refractivity contribution in [3.05, 3.63) is 58.1 Å². The largest absolute Gasteiger partial charge is 0.493 e. The molecule has 0 N–H and O–H groups in total. The van der Waals surface area contributed by atoms with Crippen molar-refractivity contribution in [2.75, 3.05) is 27.3 Å². The molecule has 174 valence electrons. The molecule has 2 aliphatic rings. The Bertz CT molecular complexity index is 1090. The molecular formula is C25H28BrN3O4. The van der Waals surface area contributed by atoms with E-state index in [1.54, 1.807) is 19.2 Å². The van der Waals surface area contributed by atoms with E-state index in [4.69, 9.17) is 14.6 Å². The van der Waals surface area contributed by atoms with Crippen LogP contribution in [0.2, 0.25) is 0 Å². The molecule has 4 rings (SSSR count). The first-order chi connectivity index (χ1) is 15.8. The van der Waals surface area contributed by atoms with Crippen molar-refractivity contribution in [3.63, 3.8) is 0 Å². The van der Waals surface area contributed by atoms with Crippen molar-refractivity contribution < 1.29 is 19.1 Å². The minimum absolute atomic E-state index is 0.0172. The van der Waals surface area contributed by atoms with Crippen LogP contribution in [0.1, 0.15) is 42.6 Å². The van der Waals surface area contributed by atoms with E-state index >= 15 is 0 Å². The number of hydrazone groups is 1. The van der Waals surface area contributed by atoms with Gasteiger partial charge in [-0.3, -0.25) is 9.59 Å². The van der Waals surface area contributed by atoms with Gasteiger partial charge in [-0.05, 0) is 69.2 Å². The summed E-state index contributed by atoms with van der Waals surface area (Å²) in [6, 6.07) is 12.9. The van der Waals surface area contributed by atoms with Crippen molar-refractivity contribution in [2.24, 2.45) is 10.5 Å². The highest BCUT2D eigenvalue weighted by atomic mass is 79.9. The van der Waals surface area contributed by atoms with Gasteiger partial charge in [0.05, 0.1) is 31.4 Å². The zero-order valence-corrected chi connectivity index (χ0v) is 20.9. The third-order valence-electron chi connectivity index (χ3n) is 6.39. The highest BCUT2D eigenvalue weighted by molar-refractivity contribution is 9.10. The molecule has 2 heterocycles. The summed E-state index contributed by atoms with van der Waals surface area (Å²) in [5.41, 5.74) is 1.45. The maximum atomic E-state index is 13.3. The van der Waals surface area contributed by atoms with E-state index in [-0.39, 0.29) is 17.9 Å². The van der Waals surface area contributed by atoms with Crippen LogP contribution in [-0.2, 0) is 4.79 Å². The van der Waals surface area contributed by atoms with Crippen molar-refractivity contribution in [3.8, 4) is 11.5 Å².